The van der Waals surface area contributed by atoms with E-state index in [4.69, 9.17) is 4.74 Å². The first-order valence-corrected chi connectivity index (χ1v) is 9.55. The number of hydrogen-bond donors (Lipinski definition) is 0. The molecule has 1 heterocycles. The highest BCUT2D eigenvalue weighted by Gasteiger charge is 2.17. The molecule has 6 nitrogen and oxygen atoms in total. The number of benzene rings is 1. The molecule has 2 aromatic rings. The third-order valence-corrected chi connectivity index (χ3v) is 4.65. The van der Waals surface area contributed by atoms with Gasteiger partial charge in [0.05, 0.1) is 19.3 Å². The van der Waals surface area contributed by atoms with Crippen LogP contribution < -0.4 is 9.30 Å². The van der Waals surface area contributed by atoms with Crippen LogP contribution in [-0.4, -0.2) is 26.2 Å². The number of nitrogens with zero attached hydrogens (tertiary/aromatic N) is 1. The zero-order valence-corrected chi connectivity index (χ0v) is 15.7. The van der Waals surface area contributed by atoms with Crippen LogP contribution in [-0.2, 0) is 21.1 Å². The molecule has 0 radical (unpaired) electrons. The maximum absolute atomic E-state index is 9.45. The lowest BCUT2D eigenvalue weighted by molar-refractivity contribution is -0.669. The molecule has 0 fully saturated rings. The van der Waals surface area contributed by atoms with Gasteiger partial charge in [0.2, 0.25) is 20.9 Å². The largest absolute Gasteiger partial charge is 0.726 e. The Hall–Kier alpha value is -1.22. The zero-order chi connectivity index (χ0) is 17.6. The molecule has 2 rings (SSSR count). The number of ether oxygens (including phenoxy) is 1. The van der Waals surface area contributed by atoms with E-state index < -0.39 is 10.4 Å². The van der Waals surface area contributed by atoms with E-state index in [0.29, 0.717) is 0 Å². The van der Waals surface area contributed by atoms with Gasteiger partial charge in [0.25, 0.3) is 0 Å². The van der Waals surface area contributed by atoms with Crippen molar-refractivity contribution in [3.63, 3.8) is 0 Å². The summed E-state index contributed by atoms with van der Waals surface area (Å²) in [6.45, 7) is 11.6. The molecular formula is C15H23NO5S2. The fraction of sp³-hybridized carbons (Fsp3) is 0.533. The van der Waals surface area contributed by atoms with Gasteiger partial charge in [-0.15, -0.1) is 0 Å². The molecule has 0 aliphatic carbocycles. The van der Waals surface area contributed by atoms with Gasteiger partial charge in [-0.2, -0.15) is 4.57 Å². The molecule has 0 amide bonds. The Morgan fingerprint density at radius 1 is 1.17 bits per heavy atom. The predicted molar refractivity (Wildman–Crippen MR) is 89.7 cm³/mol. The number of hydrogen-bond acceptors (Lipinski definition) is 6. The summed E-state index contributed by atoms with van der Waals surface area (Å²) >= 11 is 1.85. The fourth-order valence-corrected chi connectivity index (χ4v) is 3.63. The van der Waals surface area contributed by atoms with E-state index in [-0.39, 0.29) is 6.61 Å². The van der Waals surface area contributed by atoms with Crippen molar-refractivity contribution in [2.24, 2.45) is 0 Å². The Labute approximate surface area is 141 Å². The molecule has 0 N–H and O–H groups in total. The lowest BCUT2D eigenvalue weighted by Crippen LogP contribution is -2.33. The van der Waals surface area contributed by atoms with Crippen molar-refractivity contribution in [1.82, 2.24) is 0 Å². The smallest absolute Gasteiger partial charge is 0.235 e. The second-order valence-corrected chi connectivity index (χ2v) is 6.99. The summed E-state index contributed by atoms with van der Waals surface area (Å²) < 4.78 is 41.3. The van der Waals surface area contributed by atoms with Crippen molar-refractivity contribution in [2.45, 2.75) is 41.2 Å². The van der Waals surface area contributed by atoms with E-state index in [9.17, 15) is 13.0 Å². The molecule has 1 aromatic carbocycles. The number of fused-ring (bicyclic) bond motifs is 1. The molecule has 0 saturated carbocycles. The molecule has 23 heavy (non-hydrogen) atoms. The minimum absolute atomic E-state index is 0.0914. The normalized spacial score (nSPS) is 11.2. The van der Waals surface area contributed by atoms with Gasteiger partial charge in [0.15, 0.2) is 0 Å². The molecule has 0 spiro atoms. The molecule has 8 heteroatoms. The van der Waals surface area contributed by atoms with Gasteiger partial charge < -0.3 is 9.29 Å². The van der Waals surface area contributed by atoms with Crippen LogP contribution in [0.25, 0.3) is 10.2 Å². The summed E-state index contributed by atoms with van der Waals surface area (Å²) in [5, 5.41) is 1.35. The van der Waals surface area contributed by atoms with Crippen molar-refractivity contribution in [1.29, 1.82) is 0 Å². The van der Waals surface area contributed by atoms with Crippen LogP contribution >= 0.6 is 11.3 Å². The van der Waals surface area contributed by atoms with E-state index in [2.05, 4.69) is 41.7 Å². The third-order valence-electron chi connectivity index (χ3n) is 3.06. The molecule has 0 saturated heterocycles. The van der Waals surface area contributed by atoms with Crippen molar-refractivity contribution >= 4 is 32.0 Å². The lowest BCUT2D eigenvalue weighted by atomic mass is 10.2. The zero-order valence-electron chi connectivity index (χ0n) is 14.1. The topological polar surface area (TPSA) is 79.5 Å². The Bertz CT molecular complexity index is 753. The van der Waals surface area contributed by atoms with Crippen LogP contribution in [0, 0.1) is 13.8 Å². The van der Waals surface area contributed by atoms with Crippen molar-refractivity contribution in [3.8, 4) is 5.75 Å². The average molecular weight is 361 g/mol. The Morgan fingerprint density at radius 2 is 1.83 bits per heavy atom. The first-order chi connectivity index (χ1) is 10.7. The van der Waals surface area contributed by atoms with Crippen LogP contribution in [0.15, 0.2) is 12.1 Å². The minimum Gasteiger partial charge on any atom is -0.726 e. The van der Waals surface area contributed by atoms with E-state index in [1.54, 1.807) is 0 Å². The molecule has 0 unspecified atom stereocenters. The Morgan fingerprint density at radius 3 is 2.26 bits per heavy atom. The predicted octanol–water partition coefficient (Wildman–Crippen LogP) is 2.71. The summed E-state index contributed by atoms with van der Waals surface area (Å²) in [6.07, 6.45) is 0. The summed E-state index contributed by atoms with van der Waals surface area (Å²) in [7, 11) is -4.42. The Balaban J connectivity index is 0.000000322. The van der Waals surface area contributed by atoms with Crippen LogP contribution in [0.3, 0.4) is 0 Å². The maximum atomic E-state index is 9.45. The number of aryl methyl sites for hydroxylation is 3. The fourth-order valence-electron chi connectivity index (χ4n) is 2.18. The number of aromatic nitrogens is 1. The molecular weight excluding hydrogens is 338 g/mol. The third kappa shape index (κ3) is 5.72. The molecule has 1 aromatic heterocycles. The SMILES string of the molecule is CCOS(=O)(=O)[O-].CCOc1cc2c(cc1C)sc(C)[n+]2CC. The van der Waals surface area contributed by atoms with Crippen LogP contribution in [0.1, 0.15) is 31.3 Å². The highest BCUT2D eigenvalue weighted by molar-refractivity contribution is 7.80. The van der Waals surface area contributed by atoms with Crippen molar-refractivity contribution < 1.29 is 26.5 Å². The highest BCUT2D eigenvalue weighted by atomic mass is 32.3. The van der Waals surface area contributed by atoms with Gasteiger partial charge in [-0.3, -0.25) is 4.18 Å². The highest BCUT2D eigenvalue weighted by Crippen LogP contribution is 2.28. The average Bonchev–Trinajstić information content (AvgIpc) is 2.73. The van der Waals surface area contributed by atoms with E-state index >= 15 is 0 Å². The molecule has 0 bridgehead atoms. The lowest BCUT2D eigenvalue weighted by Gasteiger charge is -2.05. The van der Waals surface area contributed by atoms with Gasteiger partial charge in [-0.05, 0) is 39.3 Å². The molecule has 130 valence electrons. The Kier molecular flexibility index (Phi) is 7.40. The molecule has 0 aliphatic rings. The second kappa shape index (κ2) is 8.58. The van der Waals surface area contributed by atoms with Crippen molar-refractivity contribution in [3.05, 3.63) is 22.7 Å². The van der Waals surface area contributed by atoms with Crippen molar-refractivity contribution in [2.75, 3.05) is 13.2 Å². The van der Waals surface area contributed by atoms with Gasteiger partial charge in [-0.1, -0.05) is 11.3 Å². The first-order valence-electron chi connectivity index (χ1n) is 7.40. The summed E-state index contributed by atoms with van der Waals surface area (Å²) in [5.41, 5.74) is 2.51. The van der Waals surface area contributed by atoms with Gasteiger partial charge in [-0.25, -0.2) is 8.42 Å². The minimum atomic E-state index is -4.42. The quantitative estimate of drug-likeness (QED) is 0.465. The monoisotopic (exact) mass is 361 g/mol. The van der Waals surface area contributed by atoms with E-state index in [1.165, 1.54) is 27.7 Å². The van der Waals surface area contributed by atoms with Crippen LogP contribution in [0.5, 0.6) is 5.75 Å². The van der Waals surface area contributed by atoms with E-state index in [1.807, 2.05) is 18.3 Å². The molecule has 0 aliphatic heterocycles. The first kappa shape index (κ1) is 19.8. The van der Waals surface area contributed by atoms with Gasteiger partial charge in [0.1, 0.15) is 17.0 Å². The summed E-state index contributed by atoms with van der Waals surface area (Å²) in [5.74, 6) is 1.01. The van der Waals surface area contributed by atoms with E-state index in [0.717, 1.165) is 18.9 Å². The number of rotatable bonds is 5. The van der Waals surface area contributed by atoms with Gasteiger partial charge in [0, 0.05) is 6.92 Å². The maximum Gasteiger partial charge on any atom is 0.235 e. The molecule has 0 atom stereocenters. The van der Waals surface area contributed by atoms with Gasteiger partial charge >= 0.3 is 0 Å². The number of thiazole rings is 1. The van der Waals surface area contributed by atoms with Crippen LogP contribution in [0.2, 0.25) is 0 Å². The second-order valence-electron chi connectivity index (χ2n) is 4.70. The summed E-state index contributed by atoms with van der Waals surface area (Å²) in [4.78, 5) is 0. The van der Waals surface area contributed by atoms with Crippen LogP contribution in [0.4, 0.5) is 0 Å². The summed E-state index contributed by atoms with van der Waals surface area (Å²) in [6, 6.07) is 4.39. The standard InChI is InChI=1S/C13H18NOS.C2H6O4S/c1-5-14-10(4)16-13-7-9(3)12(15-6-2)8-11(13)14;1-2-6-7(3,4)5/h7-8H,5-6H2,1-4H3;2H2,1H3,(H,3,4,5)/q+1;/p-1.